The molecule has 1 saturated heterocycles. The van der Waals surface area contributed by atoms with Crippen molar-refractivity contribution in [2.75, 3.05) is 20.8 Å². The lowest BCUT2D eigenvalue weighted by Gasteiger charge is -2.22. The smallest absolute Gasteiger partial charge is 0.404 e. The number of esters is 2. The van der Waals surface area contributed by atoms with E-state index in [1.54, 1.807) is 0 Å². The molecule has 1 aliphatic heterocycles. The van der Waals surface area contributed by atoms with Crippen LogP contribution in [0, 0.1) is 11.8 Å². The molecule has 0 aliphatic carbocycles. The second kappa shape index (κ2) is 4.91. The number of carbonyl (C=O) groups is 2. The van der Waals surface area contributed by atoms with Crippen LogP contribution in [-0.2, 0) is 19.1 Å². The minimum Gasteiger partial charge on any atom is -0.469 e. The van der Waals surface area contributed by atoms with E-state index in [-0.39, 0.29) is 6.54 Å². The second-order valence-electron chi connectivity index (χ2n) is 3.61. The summed E-state index contributed by atoms with van der Waals surface area (Å²) in [6, 6.07) is -2.08. The molecule has 17 heavy (non-hydrogen) atoms. The Morgan fingerprint density at radius 3 is 2.12 bits per heavy atom. The molecule has 1 fully saturated rings. The maximum atomic E-state index is 12.6. The molecule has 1 rings (SSSR count). The highest BCUT2D eigenvalue weighted by atomic mass is 19.4. The van der Waals surface area contributed by atoms with Gasteiger partial charge in [-0.2, -0.15) is 13.2 Å². The molecule has 0 radical (unpaired) electrons. The summed E-state index contributed by atoms with van der Waals surface area (Å²) in [5.41, 5.74) is 0. The highest BCUT2D eigenvalue weighted by Gasteiger charge is 2.56. The van der Waals surface area contributed by atoms with Crippen LogP contribution in [0.3, 0.4) is 0 Å². The Morgan fingerprint density at radius 2 is 1.71 bits per heavy atom. The van der Waals surface area contributed by atoms with Crippen molar-refractivity contribution in [3.63, 3.8) is 0 Å². The molecule has 1 heterocycles. The number of nitrogens with one attached hydrogen (secondary N) is 1. The normalized spacial score (nSPS) is 28.9. The van der Waals surface area contributed by atoms with Crippen LogP contribution < -0.4 is 5.32 Å². The molecule has 0 amide bonds. The number of hydrogen-bond acceptors (Lipinski definition) is 5. The summed E-state index contributed by atoms with van der Waals surface area (Å²) in [6.07, 6.45) is -4.62. The summed E-state index contributed by atoms with van der Waals surface area (Å²) in [5.74, 6) is -4.72. The maximum Gasteiger partial charge on any atom is 0.404 e. The number of ether oxygens (including phenoxy) is 2. The van der Waals surface area contributed by atoms with E-state index in [0.717, 1.165) is 14.2 Å². The Labute approximate surface area is 95.2 Å². The van der Waals surface area contributed by atoms with Gasteiger partial charge in [0.25, 0.3) is 0 Å². The molecule has 0 aromatic rings. The first-order valence-corrected chi connectivity index (χ1v) is 4.78. The summed E-state index contributed by atoms with van der Waals surface area (Å²) >= 11 is 0. The van der Waals surface area contributed by atoms with Gasteiger partial charge in [0.1, 0.15) is 6.04 Å². The van der Waals surface area contributed by atoms with Crippen LogP contribution in [0.1, 0.15) is 0 Å². The summed E-state index contributed by atoms with van der Waals surface area (Å²) in [4.78, 5) is 22.6. The van der Waals surface area contributed by atoms with E-state index in [4.69, 9.17) is 0 Å². The SMILES string of the molecule is COC(=O)[C@H]1[C@H](C(F)(F)F)NC[C@H]1C(=O)OC. The van der Waals surface area contributed by atoms with Gasteiger partial charge in [0.2, 0.25) is 0 Å². The number of carbonyl (C=O) groups excluding carboxylic acids is 2. The molecule has 0 unspecified atom stereocenters. The molecule has 0 aromatic carbocycles. The molecule has 1 N–H and O–H groups in total. The predicted octanol–water partition coefficient (Wildman–Crippen LogP) is 0.0989. The van der Waals surface area contributed by atoms with E-state index in [1.807, 2.05) is 0 Å². The molecule has 0 saturated carbocycles. The summed E-state index contributed by atoms with van der Waals surface area (Å²) in [7, 11) is 2.03. The average molecular weight is 255 g/mol. The van der Waals surface area contributed by atoms with Gasteiger partial charge >= 0.3 is 18.1 Å². The number of halogens is 3. The third kappa shape index (κ3) is 2.68. The maximum absolute atomic E-state index is 12.6. The molecule has 3 atom stereocenters. The lowest BCUT2D eigenvalue weighted by molar-refractivity contribution is -0.179. The fraction of sp³-hybridized carbons (Fsp3) is 0.778. The summed E-state index contributed by atoms with van der Waals surface area (Å²) in [5, 5.41) is 2.10. The first-order chi connectivity index (χ1) is 7.82. The quantitative estimate of drug-likeness (QED) is 0.709. The summed E-state index contributed by atoms with van der Waals surface area (Å²) in [6.45, 7) is -0.267. The monoisotopic (exact) mass is 255 g/mol. The lowest BCUT2D eigenvalue weighted by atomic mass is 9.90. The highest BCUT2D eigenvalue weighted by molar-refractivity contribution is 5.83. The minimum atomic E-state index is -4.62. The topological polar surface area (TPSA) is 64.6 Å². The van der Waals surface area contributed by atoms with Crippen LogP contribution in [0.15, 0.2) is 0 Å². The van der Waals surface area contributed by atoms with E-state index in [0.29, 0.717) is 0 Å². The van der Waals surface area contributed by atoms with Gasteiger partial charge in [-0.3, -0.25) is 9.59 Å². The van der Waals surface area contributed by atoms with Gasteiger partial charge in [0, 0.05) is 6.54 Å². The van der Waals surface area contributed by atoms with Crippen molar-refractivity contribution in [1.82, 2.24) is 5.32 Å². The van der Waals surface area contributed by atoms with Gasteiger partial charge in [0.05, 0.1) is 26.1 Å². The van der Waals surface area contributed by atoms with Crippen LogP contribution in [0.4, 0.5) is 13.2 Å². The zero-order valence-corrected chi connectivity index (χ0v) is 9.21. The zero-order chi connectivity index (χ0) is 13.2. The fourth-order valence-electron chi connectivity index (χ4n) is 1.88. The number of methoxy groups -OCH3 is 2. The first-order valence-electron chi connectivity index (χ1n) is 4.78. The van der Waals surface area contributed by atoms with E-state index in [2.05, 4.69) is 14.8 Å². The summed E-state index contributed by atoms with van der Waals surface area (Å²) < 4.78 is 46.5. The Hall–Kier alpha value is -1.31. The standard InChI is InChI=1S/C9H12F3NO4/c1-16-7(14)4-3-13-6(9(10,11)12)5(4)8(15)17-2/h4-6,13H,3H2,1-2H3/t4-,5-,6-/m1/s1. The average Bonchev–Trinajstić information content (AvgIpc) is 2.70. The third-order valence-electron chi connectivity index (χ3n) is 2.68. The van der Waals surface area contributed by atoms with E-state index in [9.17, 15) is 22.8 Å². The highest BCUT2D eigenvalue weighted by Crippen LogP contribution is 2.35. The molecule has 0 bridgehead atoms. The molecule has 1 aliphatic rings. The Balaban J connectivity index is 2.97. The van der Waals surface area contributed by atoms with Crippen LogP contribution >= 0.6 is 0 Å². The minimum absolute atomic E-state index is 0.267. The Kier molecular flexibility index (Phi) is 3.97. The zero-order valence-electron chi connectivity index (χ0n) is 9.21. The van der Waals surface area contributed by atoms with Gasteiger partial charge < -0.3 is 14.8 Å². The van der Waals surface area contributed by atoms with Crippen molar-refractivity contribution < 1.29 is 32.2 Å². The van der Waals surface area contributed by atoms with Crippen LogP contribution in [-0.4, -0.2) is 44.9 Å². The van der Waals surface area contributed by atoms with Crippen molar-refractivity contribution >= 4 is 11.9 Å². The van der Waals surface area contributed by atoms with Gasteiger partial charge in [-0.05, 0) is 0 Å². The fourth-order valence-corrected chi connectivity index (χ4v) is 1.88. The van der Waals surface area contributed by atoms with Crippen molar-refractivity contribution in [2.45, 2.75) is 12.2 Å². The number of alkyl halides is 3. The number of hydrogen-bond donors (Lipinski definition) is 1. The molecule has 5 nitrogen and oxygen atoms in total. The van der Waals surface area contributed by atoms with Crippen LogP contribution in [0.5, 0.6) is 0 Å². The van der Waals surface area contributed by atoms with Crippen molar-refractivity contribution in [3.8, 4) is 0 Å². The number of rotatable bonds is 2. The molecule has 0 aromatic heterocycles. The van der Waals surface area contributed by atoms with Gasteiger partial charge in [-0.15, -0.1) is 0 Å². The van der Waals surface area contributed by atoms with Crippen LogP contribution in [0.2, 0.25) is 0 Å². The van der Waals surface area contributed by atoms with E-state index >= 15 is 0 Å². The Morgan fingerprint density at radius 1 is 1.18 bits per heavy atom. The molecule has 0 spiro atoms. The van der Waals surface area contributed by atoms with Gasteiger partial charge in [-0.1, -0.05) is 0 Å². The first kappa shape index (κ1) is 13.8. The van der Waals surface area contributed by atoms with Gasteiger partial charge in [-0.25, -0.2) is 0 Å². The van der Waals surface area contributed by atoms with E-state index < -0.39 is 36.0 Å². The second-order valence-corrected chi connectivity index (χ2v) is 3.61. The van der Waals surface area contributed by atoms with Gasteiger partial charge in [0.15, 0.2) is 0 Å². The van der Waals surface area contributed by atoms with Crippen molar-refractivity contribution in [1.29, 1.82) is 0 Å². The lowest BCUT2D eigenvalue weighted by Crippen LogP contribution is -2.45. The largest absolute Gasteiger partial charge is 0.469 e. The Bertz CT molecular complexity index is 318. The predicted molar refractivity (Wildman–Crippen MR) is 48.9 cm³/mol. The molecule has 98 valence electrons. The van der Waals surface area contributed by atoms with Crippen LogP contribution in [0.25, 0.3) is 0 Å². The molecular weight excluding hydrogens is 243 g/mol. The van der Waals surface area contributed by atoms with Crippen molar-refractivity contribution in [2.24, 2.45) is 11.8 Å². The molecule has 8 heteroatoms. The van der Waals surface area contributed by atoms with E-state index in [1.165, 1.54) is 0 Å². The van der Waals surface area contributed by atoms with Crippen molar-refractivity contribution in [3.05, 3.63) is 0 Å². The third-order valence-corrected chi connectivity index (χ3v) is 2.68. The molecular formula is C9H12F3NO4.